The van der Waals surface area contributed by atoms with E-state index in [0.717, 1.165) is 13.0 Å². The van der Waals surface area contributed by atoms with Crippen LogP contribution in [-0.4, -0.2) is 17.4 Å². The molecule has 1 amide bonds. The molecule has 3 nitrogen and oxygen atoms in total. The third kappa shape index (κ3) is 6.03. The van der Waals surface area contributed by atoms with Crippen LogP contribution in [0.2, 0.25) is 0 Å². The second-order valence-electron chi connectivity index (χ2n) is 4.50. The monoisotopic (exact) mass is 290 g/mol. The Labute approximate surface area is 129 Å². The number of aryl methyl sites for hydroxylation is 1. The lowest BCUT2D eigenvalue weighted by atomic mass is 10.1. The largest absolute Gasteiger partial charge is 0.361 e. The number of para-hydroxylation sites is 1. The van der Waals surface area contributed by atoms with Crippen LogP contribution in [0.5, 0.6) is 0 Å². The van der Waals surface area contributed by atoms with Crippen LogP contribution in [0, 0.1) is 12.8 Å². The number of hydrogen-bond donors (Lipinski definition) is 2. The van der Waals surface area contributed by atoms with E-state index in [1.54, 1.807) is 0 Å². The topological polar surface area (TPSA) is 44.9 Å². The van der Waals surface area contributed by atoms with E-state index in [1.807, 2.05) is 46.9 Å². The van der Waals surface area contributed by atoms with Gasteiger partial charge in [-0.15, -0.1) is 0 Å². The molecule has 3 rings (SSSR count). The quantitative estimate of drug-likeness (QED) is 0.727. The Balaban J connectivity index is 0.000000321. The Morgan fingerprint density at radius 2 is 1.71 bits per heavy atom. The smallest absolute Gasteiger partial charge is 0.222 e. The van der Waals surface area contributed by atoms with Crippen molar-refractivity contribution in [3.05, 3.63) is 36.0 Å². The lowest BCUT2D eigenvalue weighted by Gasteiger charge is -1.90. The van der Waals surface area contributed by atoms with Gasteiger partial charge in [0, 0.05) is 29.6 Å². The molecule has 0 bridgehead atoms. The summed E-state index contributed by atoms with van der Waals surface area (Å²) >= 11 is 0. The SMILES string of the molecule is CC.CC.CC1CCNC1=O.Cc1c[nH]c2ccccc12. The molecule has 0 aliphatic carbocycles. The van der Waals surface area contributed by atoms with E-state index in [-0.39, 0.29) is 11.8 Å². The molecule has 1 aliphatic heterocycles. The van der Waals surface area contributed by atoms with Crippen molar-refractivity contribution in [2.75, 3.05) is 6.54 Å². The van der Waals surface area contributed by atoms with Gasteiger partial charge in [0.2, 0.25) is 5.91 Å². The second kappa shape index (κ2) is 11.0. The molecule has 1 unspecified atom stereocenters. The molecular formula is C18H30N2O. The predicted octanol–water partition coefficient (Wildman–Crippen LogP) is 4.67. The first-order valence-electron chi connectivity index (χ1n) is 7.99. The summed E-state index contributed by atoms with van der Waals surface area (Å²) in [6.07, 6.45) is 3.05. The second-order valence-corrected chi connectivity index (χ2v) is 4.50. The van der Waals surface area contributed by atoms with Crippen molar-refractivity contribution in [1.82, 2.24) is 10.3 Å². The minimum absolute atomic E-state index is 0.208. The van der Waals surface area contributed by atoms with Crippen LogP contribution < -0.4 is 5.32 Å². The Morgan fingerprint density at radius 3 is 2.14 bits per heavy atom. The summed E-state index contributed by atoms with van der Waals surface area (Å²) in [6.45, 7) is 12.9. The molecule has 118 valence electrons. The summed E-state index contributed by atoms with van der Waals surface area (Å²) < 4.78 is 0. The van der Waals surface area contributed by atoms with Crippen molar-refractivity contribution >= 4 is 16.8 Å². The molecule has 1 aromatic heterocycles. The number of carbonyl (C=O) groups is 1. The number of amides is 1. The van der Waals surface area contributed by atoms with Crippen molar-refractivity contribution < 1.29 is 4.79 Å². The molecule has 3 heteroatoms. The number of fused-ring (bicyclic) bond motifs is 1. The van der Waals surface area contributed by atoms with Crippen molar-refractivity contribution in [1.29, 1.82) is 0 Å². The number of carbonyl (C=O) groups excluding carboxylic acids is 1. The molecule has 1 saturated heterocycles. The number of benzene rings is 1. The average molecular weight is 290 g/mol. The molecule has 2 aromatic rings. The highest BCUT2D eigenvalue weighted by Gasteiger charge is 2.17. The van der Waals surface area contributed by atoms with Crippen LogP contribution in [0.15, 0.2) is 30.5 Å². The third-order valence-corrected chi connectivity index (χ3v) is 3.12. The Hall–Kier alpha value is -1.77. The Bertz CT molecular complexity index is 517. The predicted molar refractivity (Wildman–Crippen MR) is 92.5 cm³/mol. The number of aromatic nitrogens is 1. The van der Waals surface area contributed by atoms with Gasteiger partial charge in [-0.05, 0) is 25.0 Å². The molecule has 2 heterocycles. The Morgan fingerprint density at radius 1 is 1.10 bits per heavy atom. The molecule has 0 saturated carbocycles. The zero-order chi connectivity index (χ0) is 16.3. The maximum atomic E-state index is 10.5. The third-order valence-electron chi connectivity index (χ3n) is 3.12. The Kier molecular flexibility index (Phi) is 10.0. The molecule has 1 aliphatic rings. The lowest BCUT2D eigenvalue weighted by Crippen LogP contribution is -2.16. The van der Waals surface area contributed by atoms with Crippen molar-refractivity contribution in [2.24, 2.45) is 5.92 Å². The number of H-pyrrole nitrogens is 1. The molecule has 1 fully saturated rings. The number of aromatic amines is 1. The fourth-order valence-electron chi connectivity index (χ4n) is 1.93. The molecule has 1 atom stereocenters. The van der Waals surface area contributed by atoms with E-state index in [1.165, 1.54) is 16.5 Å². The zero-order valence-corrected chi connectivity index (χ0v) is 14.3. The van der Waals surface area contributed by atoms with Crippen molar-refractivity contribution in [3.63, 3.8) is 0 Å². The van der Waals surface area contributed by atoms with E-state index >= 15 is 0 Å². The zero-order valence-electron chi connectivity index (χ0n) is 14.3. The van der Waals surface area contributed by atoms with Crippen molar-refractivity contribution in [3.8, 4) is 0 Å². The van der Waals surface area contributed by atoms with Crippen LogP contribution in [0.25, 0.3) is 10.9 Å². The number of rotatable bonds is 0. The van der Waals surface area contributed by atoms with Gasteiger partial charge in [0.05, 0.1) is 0 Å². The minimum atomic E-state index is 0.208. The van der Waals surface area contributed by atoms with Crippen LogP contribution in [0.1, 0.15) is 46.6 Å². The standard InChI is InChI=1S/C9H9N.C5H9NO.2C2H6/c1-7-6-10-9-5-3-2-4-8(7)9;1-4-2-3-6-5(4)7;2*1-2/h2-6,10H,1H3;4H,2-3H2,1H3,(H,6,7);2*1-2H3. The van der Waals surface area contributed by atoms with Gasteiger partial charge in [0.25, 0.3) is 0 Å². The van der Waals surface area contributed by atoms with Crippen LogP contribution in [0.4, 0.5) is 0 Å². The van der Waals surface area contributed by atoms with Gasteiger partial charge in [-0.3, -0.25) is 4.79 Å². The normalized spacial score (nSPS) is 15.7. The van der Waals surface area contributed by atoms with Gasteiger partial charge in [0.1, 0.15) is 0 Å². The average Bonchev–Trinajstić information content (AvgIpc) is 3.11. The first kappa shape index (κ1) is 19.2. The summed E-state index contributed by atoms with van der Waals surface area (Å²) in [7, 11) is 0. The summed E-state index contributed by atoms with van der Waals surface area (Å²) in [4.78, 5) is 13.7. The summed E-state index contributed by atoms with van der Waals surface area (Å²) in [5.74, 6) is 0.472. The maximum Gasteiger partial charge on any atom is 0.222 e. The maximum absolute atomic E-state index is 10.5. The van der Waals surface area contributed by atoms with Gasteiger partial charge in [-0.2, -0.15) is 0 Å². The highest BCUT2D eigenvalue weighted by atomic mass is 16.2. The molecule has 1 aromatic carbocycles. The molecular weight excluding hydrogens is 260 g/mol. The minimum Gasteiger partial charge on any atom is -0.361 e. The summed E-state index contributed by atoms with van der Waals surface area (Å²) in [6, 6.07) is 8.31. The number of hydrogen-bond acceptors (Lipinski definition) is 1. The van der Waals surface area contributed by atoms with Gasteiger partial charge >= 0.3 is 0 Å². The summed E-state index contributed by atoms with van der Waals surface area (Å²) in [5, 5.41) is 4.05. The van der Waals surface area contributed by atoms with Crippen molar-refractivity contribution in [2.45, 2.75) is 48.0 Å². The molecule has 0 radical (unpaired) electrons. The fraction of sp³-hybridized carbons (Fsp3) is 0.500. The van der Waals surface area contributed by atoms with Gasteiger partial charge < -0.3 is 10.3 Å². The molecule has 2 N–H and O–H groups in total. The van der Waals surface area contributed by atoms with E-state index in [4.69, 9.17) is 0 Å². The fourth-order valence-corrected chi connectivity index (χ4v) is 1.93. The van der Waals surface area contributed by atoms with E-state index in [2.05, 4.69) is 35.4 Å². The highest BCUT2D eigenvalue weighted by Crippen LogP contribution is 2.15. The van der Waals surface area contributed by atoms with Gasteiger partial charge in [-0.25, -0.2) is 0 Å². The first-order chi connectivity index (χ1) is 10.2. The van der Waals surface area contributed by atoms with Crippen LogP contribution in [-0.2, 0) is 4.79 Å². The van der Waals surface area contributed by atoms with Crippen LogP contribution >= 0.6 is 0 Å². The number of nitrogens with one attached hydrogen (secondary N) is 2. The highest BCUT2D eigenvalue weighted by molar-refractivity contribution is 5.82. The van der Waals surface area contributed by atoms with E-state index in [9.17, 15) is 4.79 Å². The van der Waals surface area contributed by atoms with Crippen LogP contribution in [0.3, 0.4) is 0 Å². The first-order valence-corrected chi connectivity index (χ1v) is 7.99. The lowest BCUT2D eigenvalue weighted by molar-refractivity contribution is -0.121. The molecule has 21 heavy (non-hydrogen) atoms. The summed E-state index contributed by atoms with van der Waals surface area (Å²) in [5.41, 5.74) is 2.54. The van der Waals surface area contributed by atoms with Gasteiger partial charge in [0.15, 0.2) is 0 Å². The molecule has 0 spiro atoms. The van der Waals surface area contributed by atoms with Gasteiger partial charge in [-0.1, -0.05) is 52.8 Å². The van der Waals surface area contributed by atoms with E-state index < -0.39 is 0 Å². The van der Waals surface area contributed by atoms with E-state index in [0.29, 0.717) is 0 Å².